The summed E-state index contributed by atoms with van der Waals surface area (Å²) >= 11 is 0. The average Bonchev–Trinajstić information content (AvgIpc) is 2.47. The number of hydrogen-bond donors (Lipinski definition) is 2. The summed E-state index contributed by atoms with van der Waals surface area (Å²) in [5, 5.41) is 12.1. The quantitative estimate of drug-likeness (QED) is 0.851. The van der Waals surface area contributed by atoms with Crippen LogP contribution in [0.2, 0.25) is 0 Å². The van der Waals surface area contributed by atoms with Gasteiger partial charge in [-0.15, -0.1) is 0 Å². The van der Waals surface area contributed by atoms with Crippen molar-refractivity contribution in [2.75, 3.05) is 26.4 Å². The van der Waals surface area contributed by atoms with E-state index in [1.165, 1.54) is 0 Å². The Kier molecular flexibility index (Phi) is 5.08. The first-order valence-corrected chi connectivity index (χ1v) is 6.62. The van der Waals surface area contributed by atoms with Gasteiger partial charge in [0.15, 0.2) is 18.2 Å². The highest BCUT2D eigenvalue weighted by Crippen LogP contribution is 2.20. The smallest absolute Gasteiger partial charge is 0.258 e. The van der Waals surface area contributed by atoms with E-state index in [2.05, 4.69) is 5.32 Å². The van der Waals surface area contributed by atoms with E-state index in [0.717, 1.165) is 12.1 Å². The number of nitrogens with one attached hydrogen (secondary N) is 1. The second kappa shape index (κ2) is 6.82. The molecular weight excluding hydrogens is 284 g/mol. The normalized spacial score (nSPS) is 17.3. The third-order valence-corrected chi connectivity index (χ3v) is 3.41. The van der Waals surface area contributed by atoms with Gasteiger partial charge < -0.3 is 19.9 Å². The molecule has 0 atom stereocenters. The standard InChI is InChI=1S/C14H17F2NO4/c15-10-1-2-12(11(16)7-10)21-8-13(19)17-14(9-18)3-5-20-6-4-14/h1-2,7,18H,3-6,8-9H2,(H,17,19). The molecule has 1 aliphatic heterocycles. The van der Waals surface area contributed by atoms with Crippen LogP contribution in [0.5, 0.6) is 5.75 Å². The van der Waals surface area contributed by atoms with E-state index in [0.29, 0.717) is 32.1 Å². The summed E-state index contributed by atoms with van der Waals surface area (Å²) < 4.78 is 36.3. The zero-order chi connectivity index (χ0) is 15.3. The number of aliphatic hydroxyl groups is 1. The Morgan fingerprint density at radius 3 is 2.71 bits per heavy atom. The van der Waals surface area contributed by atoms with E-state index in [1.54, 1.807) is 0 Å². The Morgan fingerprint density at radius 2 is 2.10 bits per heavy atom. The molecule has 1 aromatic rings. The fraction of sp³-hybridized carbons (Fsp3) is 0.500. The van der Waals surface area contributed by atoms with Crippen LogP contribution in [0.25, 0.3) is 0 Å². The lowest BCUT2D eigenvalue weighted by Gasteiger charge is -2.36. The van der Waals surface area contributed by atoms with Crippen LogP contribution in [0.1, 0.15) is 12.8 Å². The number of hydrogen-bond acceptors (Lipinski definition) is 4. The van der Waals surface area contributed by atoms with Crippen LogP contribution >= 0.6 is 0 Å². The van der Waals surface area contributed by atoms with Crippen LogP contribution in [-0.4, -0.2) is 43.0 Å². The van der Waals surface area contributed by atoms with Crippen molar-refractivity contribution in [1.82, 2.24) is 5.32 Å². The number of carbonyl (C=O) groups is 1. The fourth-order valence-electron chi connectivity index (χ4n) is 2.15. The number of aliphatic hydroxyl groups excluding tert-OH is 1. The molecule has 5 nitrogen and oxygen atoms in total. The van der Waals surface area contributed by atoms with E-state index in [-0.39, 0.29) is 12.4 Å². The molecule has 2 rings (SSSR count). The van der Waals surface area contributed by atoms with Gasteiger partial charge in [-0.3, -0.25) is 4.79 Å². The number of carbonyl (C=O) groups excluding carboxylic acids is 1. The van der Waals surface area contributed by atoms with Crippen molar-refractivity contribution < 1.29 is 28.2 Å². The second-order valence-electron chi connectivity index (χ2n) is 4.96. The number of halogens is 2. The van der Waals surface area contributed by atoms with Crippen LogP contribution in [0.15, 0.2) is 18.2 Å². The van der Waals surface area contributed by atoms with Gasteiger partial charge in [0.1, 0.15) is 5.82 Å². The summed E-state index contributed by atoms with van der Waals surface area (Å²) in [6.07, 6.45) is 1.00. The Morgan fingerprint density at radius 1 is 1.38 bits per heavy atom. The molecular formula is C14H17F2NO4. The monoisotopic (exact) mass is 301 g/mol. The summed E-state index contributed by atoms with van der Waals surface area (Å²) in [6.45, 7) is 0.292. The zero-order valence-corrected chi connectivity index (χ0v) is 11.4. The molecule has 0 saturated carbocycles. The number of ether oxygens (including phenoxy) is 2. The summed E-state index contributed by atoms with van der Waals surface area (Å²) in [5.74, 6) is -2.26. The minimum absolute atomic E-state index is 0.198. The van der Waals surface area contributed by atoms with Gasteiger partial charge >= 0.3 is 0 Å². The summed E-state index contributed by atoms with van der Waals surface area (Å²) in [7, 11) is 0. The van der Waals surface area contributed by atoms with Gasteiger partial charge in [0.05, 0.1) is 12.1 Å². The molecule has 0 spiro atoms. The van der Waals surface area contributed by atoms with E-state index < -0.39 is 29.7 Å². The topological polar surface area (TPSA) is 67.8 Å². The minimum Gasteiger partial charge on any atom is -0.481 e. The fourth-order valence-corrected chi connectivity index (χ4v) is 2.15. The largest absolute Gasteiger partial charge is 0.481 e. The third kappa shape index (κ3) is 4.12. The van der Waals surface area contributed by atoms with E-state index in [9.17, 15) is 18.7 Å². The van der Waals surface area contributed by atoms with Gasteiger partial charge in [-0.1, -0.05) is 0 Å². The lowest BCUT2D eigenvalue weighted by atomic mass is 9.91. The molecule has 2 N–H and O–H groups in total. The average molecular weight is 301 g/mol. The predicted molar refractivity (Wildman–Crippen MR) is 69.9 cm³/mol. The molecule has 0 radical (unpaired) electrons. The molecule has 1 amide bonds. The van der Waals surface area contributed by atoms with Crippen molar-refractivity contribution in [2.24, 2.45) is 0 Å². The first kappa shape index (κ1) is 15.7. The Hall–Kier alpha value is -1.73. The van der Waals surface area contributed by atoms with Gasteiger partial charge in [0, 0.05) is 19.3 Å². The second-order valence-corrected chi connectivity index (χ2v) is 4.96. The minimum atomic E-state index is -0.870. The number of rotatable bonds is 5. The molecule has 0 aliphatic carbocycles. The molecule has 116 valence electrons. The van der Waals surface area contributed by atoms with Crippen molar-refractivity contribution >= 4 is 5.91 Å². The van der Waals surface area contributed by atoms with Gasteiger partial charge in [0.2, 0.25) is 0 Å². The highest BCUT2D eigenvalue weighted by molar-refractivity contribution is 5.78. The summed E-state index contributed by atoms with van der Waals surface area (Å²) in [4.78, 5) is 11.8. The Balaban J connectivity index is 1.89. The molecule has 1 fully saturated rings. The van der Waals surface area contributed by atoms with Crippen molar-refractivity contribution in [3.8, 4) is 5.75 Å². The van der Waals surface area contributed by atoms with E-state index >= 15 is 0 Å². The predicted octanol–water partition coefficient (Wildman–Crippen LogP) is 1.00. The highest BCUT2D eigenvalue weighted by Gasteiger charge is 2.33. The highest BCUT2D eigenvalue weighted by atomic mass is 19.1. The van der Waals surface area contributed by atoms with Gasteiger partial charge in [-0.25, -0.2) is 8.78 Å². The number of benzene rings is 1. The molecule has 21 heavy (non-hydrogen) atoms. The SMILES string of the molecule is O=C(COc1ccc(F)cc1F)NC1(CO)CCOCC1. The van der Waals surface area contributed by atoms with Gasteiger partial charge in [-0.2, -0.15) is 0 Å². The zero-order valence-electron chi connectivity index (χ0n) is 11.4. The lowest BCUT2D eigenvalue weighted by Crippen LogP contribution is -2.55. The summed E-state index contributed by atoms with van der Waals surface area (Å²) in [6, 6.07) is 2.85. The molecule has 0 bridgehead atoms. The van der Waals surface area contributed by atoms with E-state index in [1.807, 2.05) is 0 Å². The maximum Gasteiger partial charge on any atom is 0.258 e. The first-order chi connectivity index (χ1) is 10.0. The third-order valence-electron chi connectivity index (χ3n) is 3.41. The lowest BCUT2D eigenvalue weighted by molar-refractivity contribution is -0.127. The number of amides is 1. The molecule has 1 aromatic carbocycles. The van der Waals surface area contributed by atoms with Crippen LogP contribution in [0.3, 0.4) is 0 Å². The molecule has 1 heterocycles. The van der Waals surface area contributed by atoms with Crippen molar-refractivity contribution in [2.45, 2.75) is 18.4 Å². The Bertz CT molecular complexity index is 504. The maximum absolute atomic E-state index is 13.3. The first-order valence-electron chi connectivity index (χ1n) is 6.62. The summed E-state index contributed by atoms with van der Waals surface area (Å²) in [5.41, 5.74) is -0.722. The van der Waals surface area contributed by atoms with Crippen LogP contribution in [0, 0.1) is 11.6 Å². The van der Waals surface area contributed by atoms with Crippen molar-refractivity contribution in [1.29, 1.82) is 0 Å². The van der Waals surface area contributed by atoms with Gasteiger partial charge in [0.25, 0.3) is 5.91 Å². The molecule has 0 aromatic heterocycles. The van der Waals surface area contributed by atoms with Crippen LogP contribution < -0.4 is 10.1 Å². The molecule has 1 saturated heterocycles. The molecule has 7 heteroatoms. The van der Waals surface area contributed by atoms with Crippen LogP contribution in [0.4, 0.5) is 8.78 Å². The van der Waals surface area contributed by atoms with Crippen LogP contribution in [-0.2, 0) is 9.53 Å². The molecule has 1 aliphatic rings. The maximum atomic E-state index is 13.3. The van der Waals surface area contributed by atoms with Crippen molar-refractivity contribution in [3.63, 3.8) is 0 Å². The molecule has 0 unspecified atom stereocenters. The Labute approximate surface area is 120 Å². The van der Waals surface area contributed by atoms with Crippen molar-refractivity contribution in [3.05, 3.63) is 29.8 Å². The van der Waals surface area contributed by atoms with E-state index in [4.69, 9.17) is 9.47 Å². The van der Waals surface area contributed by atoms with Gasteiger partial charge in [-0.05, 0) is 25.0 Å².